The van der Waals surface area contributed by atoms with Crippen molar-refractivity contribution in [1.82, 2.24) is 10.2 Å². The van der Waals surface area contributed by atoms with Crippen LogP contribution in [0.3, 0.4) is 0 Å². The molecular weight excluding hydrogens is 636 g/mol. The molecule has 236 valence electrons. The summed E-state index contributed by atoms with van der Waals surface area (Å²) in [6.45, 7) is 4.80. The predicted molar refractivity (Wildman–Crippen MR) is 176 cm³/mol. The van der Waals surface area contributed by atoms with Gasteiger partial charge in [0.2, 0.25) is 11.8 Å². The zero-order valence-corrected chi connectivity index (χ0v) is 27.4. The molecule has 0 bridgehead atoms. The highest BCUT2D eigenvalue weighted by Gasteiger charge is 2.35. The summed E-state index contributed by atoms with van der Waals surface area (Å²) in [5.74, 6) is -1.65. The number of sulfonamides is 1. The third kappa shape index (κ3) is 9.06. The Morgan fingerprint density at radius 2 is 1.42 bits per heavy atom. The van der Waals surface area contributed by atoms with Crippen LogP contribution in [0.2, 0.25) is 10.0 Å². The summed E-state index contributed by atoms with van der Waals surface area (Å²) in [6, 6.07) is 25.6. The molecule has 0 radical (unpaired) electrons. The molecule has 1 N–H and O–H groups in total. The van der Waals surface area contributed by atoms with E-state index in [-0.39, 0.29) is 28.6 Å². The summed E-state index contributed by atoms with van der Waals surface area (Å²) in [5.41, 5.74) is 1.000. The SMILES string of the molecule is CC(C)(C)NC(=O)[C@H](Cc1ccccc1)N(Cc1ccc(Cl)c(Cl)c1)C(=O)CN(c1ccccc1)S(=O)(=O)c1ccc(F)cc1. The molecule has 0 aromatic heterocycles. The number of halogens is 3. The molecule has 4 rings (SSSR count). The Bertz CT molecular complexity index is 1730. The van der Waals surface area contributed by atoms with Crippen molar-refractivity contribution < 1.29 is 22.4 Å². The Kier molecular flexibility index (Phi) is 10.9. The number of benzene rings is 4. The van der Waals surface area contributed by atoms with Crippen LogP contribution < -0.4 is 9.62 Å². The molecule has 4 aromatic rings. The van der Waals surface area contributed by atoms with Crippen molar-refractivity contribution >= 4 is 50.7 Å². The molecule has 0 unspecified atom stereocenters. The molecule has 1 atom stereocenters. The van der Waals surface area contributed by atoms with Crippen LogP contribution in [0.25, 0.3) is 0 Å². The van der Waals surface area contributed by atoms with Gasteiger partial charge in [-0.25, -0.2) is 12.8 Å². The van der Waals surface area contributed by atoms with E-state index in [9.17, 15) is 22.4 Å². The van der Waals surface area contributed by atoms with Gasteiger partial charge in [0.15, 0.2) is 0 Å². The van der Waals surface area contributed by atoms with Crippen LogP contribution in [0.1, 0.15) is 31.9 Å². The van der Waals surface area contributed by atoms with Gasteiger partial charge in [0.25, 0.3) is 10.0 Å². The van der Waals surface area contributed by atoms with E-state index in [0.717, 1.165) is 34.1 Å². The van der Waals surface area contributed by atoms with Crippen LogP contribution in [0.15, 0.2) is 108 Å². The Hall–Kier alpha value is -3.92. The molecule has 0 saturated heterocycles. The van der Waals surface area contributed by atoms with Crippen LogP contribution in [-0.2, 0) is 32.6 Å². The largest absolute Gasteiger partial charge is 0.350 e. The van der Waals surface area contributed by atoms with Gasteiger partial charge < -0.3 is 10.2 Å². The average Bonchev–Trinajstić information content (AvgIpc) is 2.99. The van der Waals surface area contributed by atoms with Crippen molar-refractivity contribution in [3.63, 3.8) is 0 Å². The zero-order chi connectivity index (χ0) is 32.8. The van der Waals surface area contributed by atoms with Crippen molar-refractivity contribution in [2.24, 2.45) is 0 Å². The number of rotatable bonds is 11. The lowest BCUT2D eigenvalue weighted by Gasteiger charge is -2.35. The maximum absolute atomic E-state index is 14.4. The number of hydrogen-bond donors (Lipinski definition) is 1. The highest BCUT2D eigenvalue weighted by atomic mass is 35.5. The fourth-order valence-electron chi connectivity index (χ4n) is 4.70. The van der Waals surface area contributed by atoms with Crippen LogP contribution in [0, 0.1) is 5.82 Å². The first-order valence-electron chi connectivity index (χ1n) is 14.2. The number of para-hydroxylation sites is 1. The summed E-state index contributed by atoms with van der Waals surface area (Å²) in [7, 11) is -4.34. The van der Waals surface area contributed by atoms with Gasteiger partial charge in [-0.2, -0.15) is 0 Å². The summed E-state index contributed by atoms with van der Waals surface area (Å²) in [6.07, 6.45) is 0.159. The van der Waals surface area contributed by atoms with Gasteiger partial charge in [-0.05, 0) is 80.4 Å². The lowest BCUT2D eigenvalue weighted by Crippen LogP contribution is -2.56. The third-order valence-electron chi connectivity index (χ3n) is 6.83. The van der Waals surface area contributed by atoms with Gasteiger partial charge in [-0.3, -0.25) is 13.9 Å². The van der Waals surface area contributed by atoms with Crippen molar-refractivity contribution in [1.29, 1.82) is 0 Å². The quantitative estimate of drug-likeness (QED) is 0.189. The second-order valence-corrected chi connectivity index (χ2v) is 14.2. The lowest BCUT2D eigenvalue weighted by atomic mass is 10.0. The minimum atomic E-state index is -4.34. The summed E-state index contributed by atoms with van der Waals surface area (Å²) in [4.78, 5) is 29.5. The normalized spacial score (nSPS) is 12.3. The van der Waals surface area contributed by atoms with Gasteiger partial charge in [0.1, 0.15) is 18.4 Å². The topological polar surface area (TPSA) is 86.8 Å². The second-order valence-electron chi connectivity index (χ2n) is 11.5. The summed E-state index contributed by atoms with van der Waals surface area (Å²) >= 11 is 12.5. The number of anilines is 1. The van der Waals surface area contributed by atoms with E-state index in [4.69, 9.17) is 23.2 Å². The molecule has 4 aromatic carbocycles. The summed E-state index contributed by atoms with van der Waals surface area (Å²) in [5, 5.41) is 3.57. The second kappa shape index (κ2) is 14.5. The monoisotopic (exact) mass is 669 g/mol. The molecule has 7 nitrogen and oxygen atoms in total. The van der Waals surface area contributed by atoms with Crippen molar-refractivity contribution in [2.75, 3.05) is 10.8 Å². The van der Waals surface area contributed by atoms with Crippen molar-refractivity contribution in [2.45, 2.75) is 50.2 Å². The summed E-state index contributed by atoms with van der Waals surface area (Å²) < 4.78 is 42.6. The maximum atomic E-state index is 14.4. The molecule has 0 spiro atoms. The Labute approximate surface area is 273 Å². The van der Waals surface area contributed by atoms with E-state index in [1.807, 2.05) is 51.1 Å². The Balaban J connectivity index is 1.81. The average molecular weight is 671 g/mol. The predicted octanol–water partition coefficient (Wildman–Crippen LogP) is 6.88. The zero-order valence-electron chi connectivity index (χ0n) is 25.1. The lowest BCUT2D eigenvalue weighted by molar-refractivity contribution is -0.140. The van der Waals surface area contributed by atoms with Crippen molar-refractivity contribution in [3.8, 4) is 0 Å². The van der Waals surface area contributed by atoms with Gasteiger partial charge >= 0.3 is 0 Å². The number of nitrogens with zero attached hydrogens (tertiary/aromatic N) is 2. The number of carbonyl (C=O) groups is 2. The molecule has 2 amide bonds. The molecule has 0 aliphatic rings. The number of hydrogen-bond acceptors (Lipinski definition) is 4. The standard InChI is InChI=1S/C34H34Cl2FN3O4S/c1-34(2,3)38-33(42)31(21-24-10-6-4-7-11-24)39(22-25-14-19-29(35)30(36)20-25)32(41)23-40(27-12-8-5-9-13-27)45(43,44)28-17-15-26(37)16-18-28/h4-20,31H,21-23H2,1-3H3,(H,38,42)/t31-/m0/s1. The first-order valence-corrected chi connectivity index (χ1v) is 16.4. The fourth-order valence-corrected chi connectivity index (χ4v) is 6.43. The Morgan fingerprint density at radius 3 is 2.00 bits per heavy atom. The van der Waals surface area contributed by atoms with E-state index in [0.29, 0.717) is 10.6 Å². The van der Waals surface area contributed by atoms with Crippen molar-refractivity contribution in [3.05, 3.63) is 130 Å². The molecule has 45 heavy (non-hydrogen) atoms. The highest BCUT2D eigenvalue weighted by molar-refractivity contribution is 7.92. The molecule has 0 aliphatic heterocycles. The van der Waals surface area contributed by atoms with Crippen LogP contribution in [0.4, 0.5) is 10.1 Å². The minimum Gasteiger partial charge on any atom is -0.350 e. The van der Waals surface area contributed by atoms with Crippen LogP contribution >= 0.6 is 23.2 Å². The molecule has 11 heteroatoms. The number of carbonyl (C=O) groups excluding carboxylic acids is 2. The number of amides is 2. The van der Waals surface area contributed by atoms with Gasteiger partial charge in [-0.1, -0.05) is 77.8 Å². The smallest absolute Gasteiger partial charge is 0.264 e. The fraction of sp³-hybridized carbons (Fsp3) is 0.235. The number of nitrogens with one attached hydrogen (secondary N) is 1. The minimum absolute atomic E-state index is 0.0655. The third-order valence-corrected chi connectivity index (χ3v) is 9.36. The van der Waals surface area contributed by atoms with E-state index in [1.54, 1.807) is 48.5 Å². The van der Waals surface area contributed by atoms with Crippen LogP contribution in [0.5, 0.6) is 0 Å². The molecule has 0 aliphatic carbocycles. The van der Waals surface area contributed by atoms with Gasteiger partial charge in [-0.15, -0.1) is 0 Å². The maximum Gasteiger partial charge on any atom is 0.264 e. The molecule has 0 fully saturated rings. The van der Waals surface area contributed by atoms with E-state index in [1.165, 1.54) is 4.90 Å². The first kappa shape index (κ1) is 34.0. The van der Waals surface area contributed by atoms with E-state index >= 15 is 0 Å². The van der Waals surface area contributed by atoms with Gasteiger partial charge in [0, 0.05) is 18.5 Å². The highest BCUT2D eigenvalue weighted by Crippen LogP contribution is 2.27. The first-order chi connectivity index (χ1) is 21.2. The van der Waals surface area contributed by atoms with Crippen LogP contribution in [-0.4, -0.2) is 43.3 Å². The van der Waals surface area contributed by atoms with E-state index < -0.39 is 45.8 Å². The van der Waals surface area contributed by atoms with E-state index in [2.05, 4.69) is 5.32 Å². The van der Waals surface area contributed by atoms with Gasteiger partial charge in [0.05, 0.1) is 20.6 Å². The Morgan fingerprint density at radius 1 is 0.822 bits per heavy atom. The molecule has 0 heterocycles. The molecular formula is C34H34Cl2FN3O4S. The molecule has 0 saturated carbocycles.